The first-order chi connectivity index (χ1) is 7.22. The zero-order valence-electron chi connectivity index (χ0n) is 7.84. The van der Waals surface area contributed by atoms with Crippen molar-refractivity contribution in [1.29, 1.82) is 0 Å². The molecule has 0 bridgehead atoms. The maximum Gasteiger partial charge on any atom is 0.446 e. The van der Waals surface area contributed by atoms with Crippen molar-refractivity contribution in [3.8, 4) is 0 Å². The van der Waals surface area contributed by atoms with Crippen molar-refractivity contribution in [3.63, 3.8) is 0 Å². The second kappa shape index (κ2) is 4.62. The Bertz CT molecular complexity index is 436. The van der Waals surface area contributed by atoms with Gasteiger partial charge in [0.1, 0.15) is 0 Å². The summed E-state index contributed by atoms with van der Waals surface area (Å²) in [6.45, 7) is 1.29. The van der Waals surface area contributed by atoms with Crippen LogP contribution in [-0.4, -0.2) is 10.4 Å². The van der Waals surface area contributed by atoms with E-state index in [2.05, 4.69) is 15.9 Å². The zero-order chi connectivity index (χ0) is 12.5. The molecule has 0 aliphatic heterocycles. The van der Waals surface area contributed by atoms with Crippen molar-refractivity contribution in [1.82, 2.24) is 0 Å². The first-order valence-electron chi connectivity index (χ1n) is 3.91. The van der Waals surface area contributed by atoms with Gasteiger partial charge in [-0.2, -0.15) is 13.2 Å². The molecule has 0 spiro atoms. The van der Waals surface area contributed by atoms with Gasteiger partial charge in [-0.25, -0.2) is 0 Å². The second-order valence-corrected chi connectivity index (χ2v) is 4.76. The fraction of sp³-hybridized carbons (Fsp3) is 0.250. The third kappa shape index (κ3) is 3.11. The molecule has 0 saturated heterocycles. The molecule has 0 aliphatic carbocycles. The van der Waals surface area contributed by atoms with Gasteiger partial charge in [0.25, 0.3) is 5.69 Å². The van der Waals surface area contributed by atoms with Crippen molar-refractivity contribution < 1.29 is 18.1 Å². The quantitative estimate of drug-likeness (QED) is 0.465. The molecule has 1 rings (SSSR count). The van der Waals surface area contributed by atoms with Crippen LogP contribution in [0, 0.1) is 17.0 Å². The maximum atomic E-state index is 12.2. The Morgan fingerprint density at radius 2 is 2.00 bits per heavy atom. The average Bonchev–Trinajstić information content (AvgIpc) is 2.10. The number of rotatable bonds is 2. The van der Waals surface area contributed by atoms with Crippen LogP contribution in [0.5, 0.6) is 0 Å². The smallest absolute Gasteiger partial charge is 0.258 e. The molecule has 88 valence electrons. The molecule has 0 heterocycles. The Balaban J connectivity index is 3.27. The van der Waals surface area contributed by atoms with Crippen molar-refractivity contribution in [2.45, 2.75) is 17.3 Å². The minimum absolute atomic E-state index is 0.00157. The largest absolute Gasteiger partial charge is 0.446 e. The van der Waals surface area contributed by atoms with E-state index < -0.39 is 10.4 Å². The number of nitro groups is 1. The lowest BCUT2D eigenvalue weighted by atomic mass is 10.2. The Morgan fingerprint density at radius 3 is 2.44 bits per heavy atom. The highest BCUT2D eigenvalue weighted by Crippen LogP contribution is 2.44. The fourth-order valence-corrected chi connectivity index (χ4v) is 2.41. The Morgan fingerprint density at radius 1 is 1.44 bits per heavy atom. The van der Waals surface area contributed by atoms with E-state index in [1.807, 2.05) is 0 Å². The van der Waals surface area contributed by atoms with Gasteiger partial charge in [0.2, 0.25) is 0 Å². The van der Waals surface area contributed by atoms with Gasteiger partial charge in [0.05, 0.1) is 4.92 Å². The molecule has 0 atom stereocenters. The summed E-state index contributed by atoms with van der Waals surface area (Å²) in [5.74, 6) is 0. The van der Waals surface area contributed by atoms with E-state index in [1.54, 1.807) is 0 Å². The van der Waals surface area contributed by atoms with Crippen LogP contribution < -0.4 is 0 Å². The monoisotopic (exact) mass is 315 g/mol. The number of hydrogen-bond acceptors (Lipinski definition) is 3. The minimum atomic E-state index is -4.47. The van der Waals surface area contributed by atoms with Gasteiger partial charge in [-0.1, -0.05) is 0 Å². The lowest BCUT2D eigenvalue weighted by Gasteiger charge is -2.10. The zero-order valence-corrected chi connectivity index (χ0v) is 10.2. The van der Waals surface area contributed by atoms with Gasteiger partial charge in [-0.05, 0) is 40.7 Å². The molecule has 0 amide bonds. The second-order valence-electron chi connectivity index (χ2n) is 2.83. The van der Waals surface area contributed by atoms with E-state index in [0.717, 1.165) is 0 Å². The van der Waals surface area contributed by atoms with Gasteiger partial charge in [0, 0.05) is 21.0 Å². The van der Waals surface area contributed by atoms with Gasteiger partial charge in [0.15, 0.2) is 0 Å². The summed E-state index contributed by atoms with van der Waals surface area (Å²) in [4.78, 5) is 9.67. The summed E-state index contributed by atoms with van der Waals surface area (Å²) in [5, 5.41) is 10.6. The molecule has 0 unspecified atom stereocenters. The predicted molar refractivity (Wildman–Crippen MR) is 57.4 cm³/mol. The Labute approximate surface area is 101 Å². The third-order valence-corrected chi connectivity index (χ3v) is 3.63. The molecule has 0 aromatic heterocycles. The predicted octanol–water partition coefficient (Wildman–Crippen LogP) is 4.28. The van der Waals surface area contributed by atoms with Gasteiger partial charge >= 0.3 is 5.51 Å². The van der Waals surface area contributed by atoms with Crippen LogP contribution in [0.1, 0.15) is 5.56 Å². The van der Waals surface area contributed by atoms with E-state index in [9.17, 15) is 23.3 Å². The van der Waals surface area contributed by atoms with E-state index in [0.29, 0.717) is 0 Å². The fourth-order valence-electron chi connectivity index (χ4n) is 1.09. The number of halogens is 4. The molecule has 3 nitrogen and oxygen atoms in total. The number of thioether (sulfide) groups is 1. The molecule has 0 N–H and O–H groups in total. The van der Waals surface area contributed by atoms with Crippen molar-refractivity contribution in [2.75, 3.05) is 0 Å². The molecule has 1 aromatic carbocycles. The number of hydrogen-bond donors (Lipinski definition) is 0. The van der Waals surface area contributed by atoms with Gasteiger partial charge in [-0.3, -0.25) is 10.1 Å². The SMILES string of the molecule is Cc1c([N+](=O)[O-])ccc(Br)c1SC(F)(F)F. The van der Waals surface area contributed by atoms with Crippen LogP contribution in [0.3, 0.4) is 0 Å². The van der Waals surface area contributed by atoms with Crippen LogP contribution in [0.15, 0.2) is 21.5 Å². The third-order valence-electron chi connectivity index (χ3n) is 1.74. The van der Waals surface area contributed by atoms with Gasteiger partial charge < -0.3 is 0 Å². The van der Waals surface area contributed by atoms with Crippen LogP contribution in [0.4, 0.5) is 18.9 Å². The van der Waals surface area contributed by atoms with E-state index in [4.69, 9.17) is 0 Å². The van der Waals surface area contributed by atoms with Crippen LogP contribution >= 0.6 is 27.7 Å². The van der Waals surface area contributed by atoms with Gasteiger partial charge in [-0.15, -0.1) is 0 Å². The molecule has 1 aromatic rings. The number of nitro benzene ring substituents is 1. The highest BCUT2D eigenvalue weighted by molar-refractivity contribution is 9.10. The van der Waals surface area contributed by atoms with Crippen molar-refractivity contribution >= 4 is 33.4 Å². The van der Waals surface area contributed by atoms with E-state index >= 15 is 0 Å². The summed E-state index contributed by atoms with van der Waals surface area (Å²) >= 11 is 2.57. The van der Waals surface area contributed by atoms with Crippen molar-refractivity contribution in [3.05, 3.63) is 32.3 Å². The topological polar surface area (TPSA) is 43.1 Å². The normalized spacial score (nSPS) is 11.6. The molecule has 8 heteroatoms. The molecule has 16 heavy (non-hydrogen) atoms. The summed E-state index contributed by atoms with van der Waals surface area (Å²) < 4.78 is 36.8. The van der Waals surface area contributed by atoms with Crippen LogP contribution in [0.2, 0.25) is 0 Å². The summed E-state index contributed by atoms with van der Waals surface area (Å²) in [6, 6.07) is 2.40. The molecule has 0 fully saturated rings. The van der Waals surface area contributed by atoms with Crippen LogP contribution in [-0.2, 0) is 0 Å². The highest BCUT2D eigenvalue weighted by Gasteiger charge is 2.32. The molecule has 0 saturated carbocycles. The van der Waals surface area contributed by atoms with Crippen LogP contribution in [0.25, 0.3) is 0 Å². The van der Waals surface area contributed by atoms with E-state index in [-0.39, 0.29) is 32.4 Å². The van der Waals surface area contributed by atoms with Crippen molar-refractivity contribution in [2.24, 2.45) is 0 Å². The Hall–Kier alpha value is -0.760. The number of alkyl halides is 3. The first-order valence-corrected chi connectivity index (χ1v) is 5.52. The number of benzene rings is 1. The lowest BCUT2D eigenvalue weighted by Crippen LogP contribution is -2.02. The number of nitrogens with zero attached hydrogens (tertiary/aromatic N) is 1. The highest BCUT2D eigenvalue weighted by atomic mass is 79.9. The molecule has 0 radical (unpaired) electrons. The summed E-state index contributed by atoms with van der Waals surface area (Å²) in [7, 11) is 0. The standard InChI is InChI=1S/C8H5BrF3NO2S/c1-4-6(13(14)15)3-2-5(9)7(4)16-8(10,11)12/h2-3H,1H3. The summed E-state index contributed by atoms with van der Waals surface area (Å²) in [6.07, 6.45) is 0. The first kappa shape index (κ1) is 13.3. The van der Waals surface area contributed by atoms with E-state index in [1.165, 1.54) is 19.1 Å². The Kier molecular flexibility index (Phi) is 3.84. The molecule has 0 aliphatic rings. The molecular formula is C8H5BrF3NO2S. The lowest BCUT2D eigenvalue weighted by molar-refractivity contribution is -0.385. The minimum Gasteiger partial charge on any atom is -0.258 e. The molecular weight excluding hydrogens is 311 g/mol. The average molecular weight is 316 g/mol. The maximum absolute atomic E-state index is 12.2. The summed E-state index contributed by atoms with van der Waals surface area (Å²) in [5.41, 5.74) is -4.79.